The molecule has 28 heavy (non-hydrogen) atoms. The molecule has 0 saturated carbocycles. The molecule has 3 aromatic carbocycles. The van der Waals surface area contributed by atoms with Crippen molar-refractivity contribution in [3.05, 3.63) is 95.6 Å². The number of hydrogen-bond donors (Lipinski definition) is 3. The predicted octanol–water partition coefficient (Wildman–Crippen LogP) is 4.36. The Labute approximate surface area is 171 Å². The van der Waals surface area contributed by atoms with Gasteiger partial charge in [-0.3, -0.25) is 0 Å². The lowest BCUT2D eigenvalue weighted by Crippen LogP contribution is -2.34. The molecule has 0 bridgehead atoms. The quantitative estimate of drug-likeness (QED) is 0.554. The van der Waals surface area contributed by atoms with Gasteiger partial charge in [-0.25, -0.2) is 4.79 Å². The molecule has 0 aliphatic carbocycles. The second-order valence-corrected chi connectivity index (χ2v) is 6.12. The molecule has 3 aromatic rings. The van der Waals surface area contributed by atoms with Gasteiger partial charge in [-0.1, -0.05) is 54.6 Å². The number of hydrogen-bond acceptors (Lipinski definition) is 3. The van der Waals surface area contributed by atoms with Gasteiger partial charge in [-0.05, 0) is 41.0 Å². The van der Waals surface area contributed by atoms with Gasteiger partial charge in [0.15, 0.2) is 0 Å². The van der Waals surface area contributed by atoms with Crippen molar-refractivity contribution in [2.24, 2.45) is 5.73 Å². The Morgan fingerprint density at radius 1 is 0.750 bits per heavy atom. The monoisotopic (exact) mass is 397 g/mol. The summed E-state index contributed by atoms with van der Waals surface area (Å²) in [6.07, 6.45) is 0. The Morgan fingerprint density at radius 3 is 2.04 bits per heavy atom. The zero-order valence-electron chi connectivity index (χ0n) is 15.4. The van der Waals surface area contributed by atoms with Crippen LogP contribution in [0.3, 0.4) is 0 Å². The minimum absolute atomic E-state index is 0. The molecule has 0 heterocycles. The number of nitrogens with one attached hydrogen (secondary N) is 2. The van der Waals surface area contributed by atoms with Gasteiger partial charge in [-0.15, -0.1) is 12.4 Å². The molecule has 3 rings (SSSR count). The van der Waals surface area contributed by atoms with Crippen molar-refractivity contribution in [1.82, 2.24) is 10.6 Å². The number of carbonyl (C=O) groups is 1. The van der Waals surface area contributed by atoms with Crippen molar-refractivity contribution < 1.29 is 9.53 Å². The number of ether oxygens (including phenoxy) is 1. The Hall–Kier alpha value is -3.02. The number of halogens is 1. The lowest BCUT2D eigenvalue weighted by atomic mass is 10.1. The van der Waals surface area contributed by atoms with Gasteiger partial charge >= 0.3 is 6.03 Å². The summed E-state index contributed by atoms with van der Waals surface area (Å²) in [5, 5.41) is 5.71. The van der Waals surface area contributed by atoms with Crippen LogP contribution in [-0.2, 0) is 19.6 Å². The van der Waals surface area contributed by atoms with Gasteiger partial charge in [0.05, 0.1) is 0 Å². The van der Waals surface area contributed by atoms with Gasteiger partial charge in [0.2, 0.25) is 0 Å². The van der Waals surface area contributed by atoms with Crippen molar-refractivity contribution >= 4 is 18.4 Å². The van der Waals surface area contributed by atoms with E-state index in [1.807, 2.05) is 78.9 Å². The Morgan fingerprint density at radius 2 is 1.36 bits per heavy atom. The van der Waals surface area contributed by atoms with Crippen molar-refractivity contribution in [3.8, 4) is 11.5 Å². The van der Waals surface area contributed by atoms with E-state index in [1.54, 1.807) is 0 Å². The minimum atomic E-state index is -0.215. The maximum atomic E-state index is 12.0. The number of nitrogens with two attached hydrogens (primary N) is 1. The molecular weight excluding hydrogens is 374 g/mol. The first-order valence-electron chi connectivity index (χ1n) is 8.84. The summed E-state index contributed by atoms with van der Waals surface area (Å²) >= 11 is 0. The highest BCUT2D eigenvalue weighted by Crippen LogP contribution is 2.21. The van der Waals surface area contributed by atoms with Gasteiger partial charge < -0.3 is 21.1 Å². The van der Waals surface area contributed by atoms with Crippen LogP contribution in [0, 0.1) is 0 Å². The number of para-hydroxylation sites is 1. The summed E-state index contributed by atoms with van der Waals surface area (Å²) < 4.78 is 5.81. The summed E-state index contributed by atoms with van der Waals surface area (Å²) in [5.74, 6) is 1.52. The van der Waals surface area contributed by atoms with E-state index in [1.165, 1.54) is 0 Å². The van der Waals surface area contributed by atoms with Gasteiger partial charge in [0.25, 0.3) is 0 Å². The van der Waals surface area contributed by atoms with E-state index in [-0.39, 0.29) is 18.4 Å². The predicted molar refractivity (Wildman–Crippen MR) is 114 cm³/mol. The lowest BCUT2D eigenvalue weighted by molar-refractivity contribution is 0.240. The zero-order valence-corrected chi connectivity index (χ0v) is 16.2. The fourth-order valence-electron chi connectivity index (χ4n) is 2.56. The topological polar surface area (TPSA) is 76.4 Å². The fourth-order valence-corrected chi connectivity index (χ4v) is 2.56. The standard InChI is InChI=1S/C22H23N3O2.ClH/c23-14-17-9-11-18(12-10-17)15-24-22(26)25-16-19-5-4-8-21(13-19)27-20-6-2-1-3-7-20;/h1-13H,14-16,23H2,(H2,24,25,26);1H. The number of rotatable bonds is 7. The van der Waals surface area contributed by atoms with E-state index in [4.69, 9.17) is 10.5 Å². The highest BCUT2D eigenvalue weighted by atomic mass is 35.5. The Balaban J connectivity index is 0.00000280. The van der Waals surface area contributed by atoms with E-state index in [9.17, 15) is 4.79 Å². The fraction of sp³-hybridized carbons (Fsp3) is 0.136. The number of benzene rings is 3. The highest BCUT2D eigenvalue weighted by Gasteiger charge is 2.03. The van der Waals surface area contributed by atoms with Crippen LogP contribution < -0.4 is 21.1 Å². The molecule has 0 aromatic heterocycles. The molecule has 0 aliphatic rings. The van der Waals surface area contributed by atoms with E-state index in [2.05, 4.69) is 10.6 Å². The van der Waals surface area contributed by atoms with Gasteiger partial charge in [0.1, 0.15) is 11.5 Å². The molecule has 2 amide bonds. The zero-order chi connectivity index (χ0) is 18.9. The number of carbonyl (C=O) groups excluding carboxylic acids is 1. The average Bonchev–Trinajstić information content (AvgIpc) is 2.72. The van der Waals surface area contributed by atoms with E-state index in [0.717, 1.165) is 28.2 Å². The molecule has 0 spiro atoms. The Kier molecular flexibility index (Phi) is 8.34. The van der Waals surface area contributed by atoms with Crippen molar-refractivity contribution in [2.75, 3.05) is 0 Å². The van der Waals surface area contributed by atoms with Gasteiger partial charge in [0, 0.05) is 19.6 Å². The maximum Gasteiger partial charge on any atom is 0.315 e. The minimum Gasteiger partial charge on any atom is -0.457 e. The molecule has 5 nitrogen and oxygen atoms in total. The third kappa shape index (κ3) is 6.61. The van der Waals surface area contributed by atoms with Crippen LogP contribution in [-0.4, -0.2) is 6.03 Å². The molecule has 0 unspecified atom stereocenters. The van der Waals surface area contributed by atoms with Crippen LogP contribution in [0.4, 0.5) is 4.79 Å². The molecule has 0 saturated heterocycles. The van der Waals surface area contributed by atoms with Crippen LogP contribution >= 0.6 is 12.4 Å². The van der Waals surface area contributed by atoms with Crippen molar-refractivity contribution in [3.63, 3.8) is 0 Å². The van der Waals surface area contributed by atoms with E-state index < -0.39 is 0 Å². The van der Waals surface area contributed by atoms with Crippen molar-refractivity contribution in [2.45, 2.75) is 19.6 Å². The smallest absolute Gasteiger partial charge is 0.315 e. The van der Waals surface area contributed by atoms with Crippen LogP contribution in [0.1, 0.15) is 16.7 Å². The molecule has 146 valence electrons. The van der Waals surface area contributed by atoms with E-state index >= 15 is 0 Å². The first-order chi connectivity index (χ1) is 13.2. The normalized spacial score (nSPS) is 9.89. The third-order valence-electron chi connectivity index (χ3n) is 4.04. The molecule has 4 N–H and O–H groups in total. The second kappa shape index (κ2) is 11.0. The van der Waals surface area contributed by atoms with Crippen LogP contribution in [0.5, 0.6) is 11.5 Å². The number of amides is 2. The lowest BCUT2D eigenvalue weighted by Gasteiger charge is -2.10. The summed E-state index contributed by atoms with van der Waals surface area (Å²) in [6, 6.07) is 24.9. The highest BCUT2D eigenvalue weighted by molar-refractivity contribution is 5.85. The van der Waals surface area contributed by atoms with E-state index in [0.29, 0.717) is 19.6 Å². The third-order valence-corrected chi connectivity index (χ3v) is 4.04. The molecule has 0 radical (unpaired) electrons. The second-order valence-electron chi connectivity index (χ2n) is 6.12. The van der Waals surface area contributed by atoms with Gasteiger partial charge in [-0.2, -0.15) is 0 Å². The van der Waals surface area contributed by atoms with Crippen LogP contribution in [0.2, 0.25) is 0 Å². The molecule has 0 atom stereocenters. The summed E-state index contributed by atoms with van der Waals surface area (Å²) in [6.45, 7) is 1.40. The molecular formula is C22H24ClN3O2. The van der Waals surface area contributed by atoms with Crippen LogP contribution in [0.15, 0.2) is 78.9 Å². The summed E-state index contributed by atoms with van der Waals surface area (Å²) in [5.41, 5.74) is 8.64. The number of urea groups is 1. The largest absolute Gasteiger partial charge is 0.457 e. The average molecular weight is 398 g/mol. The Bertz CT molecular complexity index is 870. The first kappa shape index (κ1) is 21.3. The maximum absolute atomic E-state index is 12.0. The van der Waals surface area contributed by atoms with Crippen molar-refractivity contribution in [1.29, 1.82) is 0 Å². The molecule has 6 heteroatoms. The SMILES string of the molecule is Cl.NCc1ccc(CNC(=O)NCc2cccc(Oc3ccccc3)c2)cc1. The summed E-state index contributed by atoms with van der Waals surface area (Å²) in [4.78, 5) is 12.0. The first-order valence-corrected chi connectivity index (χ1v) is 8.84. The summed E-state index contributed by atoms with van der Waals surface area (Å²) in [7, 11) is 0. The molecule has 0 aliphatic heterocycles. The van der Waals surface area contributed by atoms with Crippen LogP contribution in [0.25, 0.3) is 0 Å². The molecule has 0 fully saturated rings.